The van der Waals surface area contributed by atoms with Crippen molar-refractivity contribution in [3.63, 3.8) is 0 Å². The van der Waals surface area contributed by atoms with Gasteiger partial charge in [0.25, 0.3) is 0 Å². The number of hydrogen-bond acceptors (Lipinski definition) is 3. The molecule has 0 aromatic heterocycles. The van der Waals surface area contributed by atoms with Gasteiger partial charge in [-0.15, -0.1) is 0 Å². The molecule has 0 spiro atoms. The van der Waals surface area contributed by atoms with E-state index in [2.05, 4.69) is 10.6 Å². The number of rotatable bonds is 4. The van der Waals surface area contributed by atoms with Crippen LogP contribution in [0.3, 0.4) is 0 Å². The Morgan fingerprint density at radius 2 is 1.70 bits per heavy atom. The Balaban J connectivity index is 1.20. The van der Waals surface area contributed by atoms with Crippen LogP contribution in [-0.4, -0.2) is 47.4 Å². The first-order chi connectivity index (χ1) is 15.8. The third-order valence-electron chi connectivity index (χ3n) is 6.49. The first-order valence-corrected chi connectivity index (χ1v) is 11.2. The molecule has 0 radical (unpaired) electrons. The number of nitrogens with zero attached hydrogens (tertiary/aromatic N) is 2. The molecule has 33 heavy (non-hydrogen) atoms. The molecule has 2 aromatic rings. The predicted molar refractivity (Wildman–Crippen MR) is 117 cm³/mol. The van der Waals surface area contributed by atoms with Gasteiger partial charge < -0.3 is 20.4 Å². The summed E-state index contributed by atoms with van der Waals surface area (Å²) in [6.45, 7) is 1.97. The average Bonchev–Trinajstić information content (AvgIpc) is 3.56. The number of hydrogen-bond donors (Lipinski definition) is 2. The lowest BCUT2D eigenvalue weighted by Gasteiger charge is -2.41. The number of urea groups is 1. The molecule has 2 heterocycles. The molecule has 1 aliphatic carbocycles. The monoisotopic (exact) mass is 458 g/mol. The van der Waals surface area contributed by atoms with Gasteiger partial charge in [-0.05, 0) is 60.7 Å². The fraction of sp³-hybridized carbons (Fsp3) is 0.417. The SMILES string of the molecule is O=C(NC1CC1)N1CC(C(=O)N2CCc3c(cccc3Nc3ccc(C(F)(F)F)cc3)C2)C1. The van der Waals surface area contributed by atoms with Gasteiger partial charge in [0.2, 0.25) is 5.91 Å². The maximum atomic E-state index is 12.9. The molecule has 3 amide bonds. The van der Waals surface area contributed by atoms with Crippen LogP contribution in [0.25, 0.3) is 0 Å². The minimum Gasteiger partial charge on any atom is -0.355 e. The largest absolute Gasteiger partial charge is 0.416 e. The van der Waals surface area contributed by atoms with Crippen molar-refractivity contribution in [1.82, 2.24) is 15.1 Å². The highest BCUT2D eigenvalue weighted by Crippen LogP contribution is 2.33. The first-order valence-electron chi connectivity index (χ1n) is 11.2. The number of likely N-dealkylation sites (tertiary alicyclic amines) is 1. The van der Waals surface area contributed by atoms with Crippen molar-refractivity contribution in [1.29, 1.82) is 0 Å². The number of fused-ring (bicyclic) bond motifs is 1. The van der Waals surface area contributed by atoms with Gasteiger partial charge in [-0.3, -0.25) is 4.79 Å². The lowest BCUT2D eigenvalue weighted by atomic mass is 9.94. The maximum absolute atomic E-state index is 12.9. The number of carbonyl (C=O) groups is 2. The molecule has 2 aliphatic heterocycles. The van der Waals surface area contributed by atoms with E-state index >= 15 is 0 Å². The third kappa shape index (κ3) is 4.62. The molecule has 9 heteroatoms. The van der Waals surface area contributed by atoms with E-state index in [0.29, 0.717) is 44.3 Å². The van der Waals surface area contributed by atoms with Crippen molar-refractivity contribution in [2.24, 2.45) is 5.92 Å². The molecule has 2 aromatic carbocycles. The van der Waals surface area contributed by atoms with Crippen LogP contribution in [0.4, 0.5) is 29.3 Å². The Bertz CT molecular complexity index is 1060. The molecule has 6 nitrogen and oxygen atoms in total. The van der Waals surface area contributed by atoms with Crippen LogP contribution < -0.4 is 10.6 Å². The van der Waals surface area contributed by atoms with Gasteiger partial charge in [0.15, 0.2) is 0 Å². The van der Waals surface area contributed by atoms with Crippen molar-refractivity contribution >= 4 is 23.3 Å². The van der Waals surface area contributed by atoms with E-state index in [4.69, 9.17) is 0 Å². The molecule has 0 atom stereocenters. The summed E-state index contributed by atoms with van der Waals surface area (Å²) in [7, 11) is 0. The summed E-state index contributed by atoms with van der Waals surface area (Å²) in [5.41, 5.74) is 2.83. The number of alkyl halides is 3. The lowest BCUT2D eigenvalue weighted by molar-refractivity contribution is -0.140. The zero-order valence-electron chi connectivity index (χ0n) is 18.0. The van der Waals surface area contributed by atoms with Gasteiger partial charge in [-0.1, -0.05) is 12.1 Å². The lowest BCUT2D eigenvalue weighted by Crippen LogP contribution is -2.59. The Hall–Kier alpha value is -3.23. The average molecular weight is 458 g/mol. The quantitative estimate of drug-likeness (QED) is 0.724. The molecular weight excluding hydrogens is 433 g/mol. The molecule has 0 bridgehead atoms. The minimum absolute atomic E-state index is 0.0669. The highest BCUT2D eigenvalue weighted by Gasteiger charge is 2.40. The van der Waals surface area contributed by atoms with E-state index in [1.165, 1.54) is 12.1 Å². The summed E-state index contributed by atoms with van der Waals surface area (Å²) in [4.78, 5) is 28.5. The smallest absolute Gasteiger partial charge is 0.355 e. The third-order valence-corrected chi connectivity index (χ3v) is 6.49. The molecule has 2 fully saturated rings. The highest BCUT2D eigenvalue weighted by atomic mass is 19.4. The van der Waals surface area contributed by atoms with Gasteiger partial charge in [-0.2, -0.15) is 13.2 Å². The maximum Gasteiger partial charge on any atom is 0.416 e. The molecule has 3 aliphatic rings. The standard InChI is InChI=1S/C24H25F3N4O2/c25-24(26,27)17-4-6-18(7-5-17)28-21-3-1-2-15-12-30(11-10-20(15)21)22(32)16-13-31(14-16)23(33)29-19-8-9-19/h1-7,16,19,28H,8-14H2,(H,29,33). The molecule has 174 valence electrons. The summed E-state index contributed by atoms with van der Waals surface area (Å²) < 4.78 is 38.4. The Morgan fingerprint density at radius 1 is 0.970 bits per heavy atom. The normalized spacial score (nSPS) is 18.4. The fourth-order valence-corrected chi connectivity index (χ4v) is 4.37. The predicted octanol–water partition coefficient (Wildman–Crippen LogP) is 4.14. The molecular formula is C24H25F3N4O2. The zero-order valence-corrected chi connectivity index (χ0v) is 18.0. The van der Waals surface area contributed by atoms with E-state index in [-0.39, 0.29) is 17.9 Å². The summed E-state index contributed by atoms with van der Waals surface area (Å²) in [5.74, 6) is -0.0952. The Kier molecular flexibility index (Phi) is 5.42. The second kappa shape index (κ2) is 8.28. The van der Waals surface area contributed by atoms with E-state index < -0.39 is 11.7 Å². The van der Waals surface area contributed by atoms with E-state index in [1.54, 1.807) is 4.90 Å². The summed E-state index contributed by atoms with van der Waals surface area (Å²) >= 11 is 0. The van der Waals surface area contributed by atoms with Gasteiger partial charge in [0, 0.05) is 43.6 Å². The minimum atomic E-state index is -4.36. The second-order valence-corrected chi connectivity index (χ2v) is 8.98. The van der Waals surface area contributed by atoms with Crippen LogP contribution in [0.15, 0.2) is 42.5 Å². The zero-order chi connectivity index (χ0) is 23.2. The number of benzene rings is 2. The molecule has 1 saturated carbocycles. The molecule has 0 unspecified atom stereocenters. The van der Waals surface area contributed by atoms with E-state index in [0.717, 1.165) is 41.8 Å². The van der Waals surface area contributed by atoms with Gasteiger partial charge >= 0.3 is 12.2 Å². The van der Waals surface area contributed by atoms with Gasteiger partial charge in [0.05, 0.1) is 11.5 Å². The summed E-state index contributed by atoms with van der Waals surface area (Å²) in [6.07, 6.45) is -1.64. The Labute approximate surface area is 189 Å². The van der Waals surface area contributed by atoms with Crippen molar-refractivity contribution in [3.8, 4) is 0 Å². The second-order valence-electron chi connectivity index (χ2n) is 8.98. The van der Waals surface area contributed by atoms with Crippen LogP contribution in [0.2, 0.25) is 0 Å². The topological polar surface area (TPSA) is 64.7 Å². The van der Waals surface area contributed by atoms with Crippen molar-refractivity contribution in [2.45, 2.75) is 38.0 Å². The molecule has 2 N–H and O–H groups in total. The van der Waals surface area contributed by atoms with Gasteiger partial charge in [0.1, 0.15) is 0 Å². The number of amides is 3. The van der Waals surface area contributed by atoms with Crippen LogP contribution >= 0.6 is 0 Å². The number of carbonyl (C=O) groups excluding carboxylic acids is 2. The fourth-order valence-electron chi connectivity index (χ4n) is 4.37. The van der Waals surface area contributed by atoms with Crippen LogP contribution in [-0.2, 0) is 23.9 Å². The highest BCUT2D eigenvalue weighted by molar-refractivity contribution is 5.84. The van der Waals surface area contributed by atoms with Crippen LogP contribution in [0.5, 0.6) is 0 Å². The van der Waals surface area contributed by atoms with E-state index in [1.807, 2.05) is 23.1 Å². The van der Waals surface area contributed by atoms with Crippen molar-refractivity contribution < 1.29 is 22.8 Å². The Morgan fingerprint density at radius 3 is 2.36 bits per heavy atom. The number of nitrogens with one attached hydrogen (secondary N) is 2. The van der Waals surface area contributed by atoms with Gasteiger partial charge in [-0.25, -0.2) is 4.79 Å². The first kappa shape index (κ1) is 21.6. The summed E-state index contributed by atoms with van der Waals surface area (Å²) in [6, 6.07) is 10.9. The summed E-state index contributed by atoms with van der Waals surface area (Å²) in [5, 5.41) is 6.16. The number of anilines is 2. The van der Waals surface area contributed by atoms with Crippen molar-refractivity contribution in [2.75, 3.05) is 25.0 Å². The molecule has 1 saturated heterocycles. The van der Waals surface area contributed by atoms with Crippen LogP contribution in [0.1, 0.15) is 29.5 Å². The molecule has 5 rings (SSSR count). The van der Waals surface area contributed by atoms with E-state index in [9.17, 15) is 22.8 Å². The van der Waals surface area contributed by atoms with Crippen LogP contribution in [0, 0.1) is 5.92 Å². The number of halogens is 3. The van der Waals surface area contributed by atoms with Crippen molar-refractivity contribution in [3.05, 3.63) is 59.2 Å².